The third-order valence-electron chi connectivity index (χ3n) is 3.88. The predicted octanol–water partition coefficient (Wildman–Crippen LogP) is 2.42. The summed E-state index contributed by atoms with van der Waals surface area (Å²) in [4.78, 5) is 2.40. The first-order valence-electron chi connectivity index (χ1n) is 7.63. The van der Waals surface area contributed by atoms with Gasteiger partial charge in [0.2, 0.25) is 0 Å². The standard InChI is InChI=1S/C14H25F3N2O/c15-14(16,17)11-20-8-2-7-19(9-12-4-5-12)10-13-3-1-6-18-13/h12-13,18H,1-11H2. The predicted molar refractivity (Wildman–Crippen MR) is 71.7 cm³/mol. The van der Waals surface area contributed by atoms with Gasteiger partial charge in [-0.1, -0.05) is 0 Å². The zero-order valence-electron chi connectivity index (χ0n) is 11.9. The van der Waals surface area contributed by atoms with Crippen LogP contribution in [0.3, 0.4) is 0 Å². The lowest BCUT2D eigenvalue weighted by Crippen LogP contribution is -2.39. The first-order chi connectivity index (χ1) is 9.53. The Hall–Kier alpha value is -0.330. The number of nitrogens with zero attached hydrogens (tertiary/aromatic N) is 1. The number of rotatable bonds is 9. The van der Waals surface area contributed by atoms with Gasteiger partial charge in [0.15, 0.2) is 0 Å². The number of nitrogens with one attached hydrogen (secondary N) is 1. The van der Waals surface area contributed by atoms with E-state index in [0.717, 1.165) is 32.1 Å². The van der Waals surface area contributed by atoms with E-state index >= 15 is 0 Å². The van der Waals surface area contributed by atoms with Crippen molar-refractivity contribution in [3.05, 3.63) is 0 Å². The van der Waals surface area contributed by atoms with Gasteiger partial charge in [0.25, 0.3) is 0 Å². The van der Waals surface area contributed by atoms with Gasteiger partial charge in [-0.3, -0.25) is 0 Å². The Balaban J connectivity index is 1.59. The van der Waals surface area contributed by atoms with E-state index in [0.29, 0.717) is 12.5 Å². The number of hydrogen-bond acceptors (Lipinski definition) is 3. The molecule has 1 unspecified atom stereocenters. The minimum Gasteiger partial charge on any atom is -0.372 e. The van der Waals surface area contributed by atoms with E-state index in [1.54, 1.807) is 0 Å². The van der Waals surface area contributed by atoms with E-state index in [-0.39, 0.29) is 6.61 Å². The molecule has 1 heterocycles. The second kappa shape index (κ2) is 7.61. The maximum atomic E-state index is 11.9. The van der Waals surface area contributed by atoms with Crippen molar-refractivity contribution in [2.24, 2.45) is 5.92 Å². The summed E-state index contributed by atoms with van der Waals surface area (Å²) in [7, 11) is 0. The molecule has 0 bridgehead atoms. The summed E-state index contributed by atoms with van der Waals surface area (Å²) >= 11 is 0. The van der Waals surface area contributed by atoms with Crippen LogP contribution in [0.1, 0.15) is 32.1 Å². The molecule has 0 radical (unpaired) electrons. The summed E-state index contributed by atoms with van der Waals surface area (Å²) in [6.07, 6.45) is 1.53. The summed E-state index contributed by atoms with van der Waals surface area (Å²) < 4.78 is 40.5. The molecule has 2 fully saturated rings. The van der Waals surface area contributed by atoms with Gasteiger partial charge in [0, 0.05) is 32.3 Å². The van der Waals surface area contributed by atoms with Gasteiger partial charge in [-0.25, -0.2) is 0 Å². The van der Waals surface area contributed by atoms with Crippen LogP contribution in [0.5, 0.6) is 0 Å². The minimum absolute atomic E-state index is 0.193. The molecule has 20 heavy (non-hydrogen) atoms. The van der Waals surface area contributed by atoms with Crippen LogP contribution in [0.25, 0.3) is 0 Å². The van der Waals surface area contributed by atoms with Crippen molar-refractivity contribution in [3.8, 4) is 0 Å². The van der Waals surface area contributed by atoms with Crippen LogP contribution in [0.2, 0.25) is 0 Å². The van der Waals surface area contributed by atoms with Crippen LogP contribution in [0.15, 0.2) is 0 Å². The highest BCUT2D eigenvalue weighted by Gasteiger charge is 2.28. The maximum absolute atomic E-state index is 11.9. The van der Waals surface area contributed by atoms with Crippen LogP contribution in [0, 0.1) is 5.92 Å². The van der Waals surface area contributed by atoms with Crippen molar-refractivity contribution in [3.63, 3.8) is 0 Å². The highest BCUT2D eigenvalue weighted by atomic mass is 19.4. The largest absolute Gasteiger partial charge is 0.411 e. The van der Waals surface area contributed by atoms with E-state index < -0.39 is 12.8 Å². The lowest BCUT2D eigenvalue weighted by molar-refractivity contribution is -0.174. The molecular formula is C14H25F3N2O. The molecule has 3 nitrogen and oxygen atoms in total. The van der Waals surface area contributed by atoms with Gasteiger partial charge >= 0.3 is 6.18 Å². The molecular weight excluding hydrogens is 269 g/mol. The molecule has 2 rings (SSSR count). The van der Waals surface area contributed by atoms with Crippen LogP contribution in [0.4, 0.5) is 13.2 Å². The Bertz CT molecular complexity index is 276. The summed E-state index contributed by atoms with van der Waals surface area (Å²) in [5.74, 6) is 0.812. The molecule has 1 aliphatic carbocycles. The molecule has 1 atom stereocenters. The van der Waals surface area contributed by atoms with Gasteiger partial charge in [-0.15, -0.1) is 0 Å². The SMILES string of the molecule is FC(F)(F)COCCCN(CC1CC1)CC1CCCN1. The molecule has 0 spiro atoms. The zero-order valence-corrected chi connectivity index (χ0v) is 11.9. The molecule has 0 aromatic heterocycles. The third kappa shape index (κ3) is 6.90. The molecule has 1 saturated heterocycles. The van der Waals surface area contributed by atoms with Crippen LogP contribution < -0.4 is 5.32 Å². The summed E-state index contributed by atoms with van der Waals surface area (Å²) in [6, 6.07) is 0.560. The molecule has 0 amide bonds. The summed E-state index contributed by atoms with van der Waals surface area (Å²) in [5.41, 5.74) is 0. The number of alkyl halides is 3. The molecule has 0 aromatic rings. The number of hydrogen-bond donors (Lipinski definition) is 1. The van der Waals surface area contributed by atoms with Gasteiger partial charge < -0.3 is 15.0 Å². The normalized spacial score (nSPS) is 23.7. The van der Waals surface area contributed by atoms with Crippen molar-refractivity contribution in [2.75, 3.05) is 39.4 Å². The minimum atomic E-state index is -4.21. The molecule has 6 heteroatoms. The Labute approximate surface area is 118 Å². The Morgan fingerprint density at radius 2 is 1.95 bits per heavy atom. The third-order valence-corrected chi connectivity index (χ3v) is 3.88. The Morgan fingerprint density at radius 3 is 2.55 bits per heavy atom. The van der Waals surface area contributed by atoms with Crippen molar-refractivity contribution in [2.45, 2.75) is 44.3 Å². The van der Waals surface area contributed by atoms with Crippen LogP contribution in [-0.4, -0.2) is 56.5 Å². The second-order valence-corrected chi connectivity index (χ2v) is 6.02. The number of halogens is 3. The van der Waals surface area contributed by atoms with E-state index in [4.69, 9.17) is 0 Å². The highest BCUT2D eigenvalue weighted by Crippen LogP contribution is 2.30. The Morgan fingerprint density at radius 1 is 1.15 bits per heavy atom. The van der Waals surface area contributed by atoms with E-state index in [9.17, 15) is 13.2 Å². The van der Waals surface area contributed by atoms with Crippen molar-refractivity contribution < 1.29 is 17.9 Å². The first-order valence-corrected chi connectivity index (χ1v) is 7.63. The van der Waals surface area contributed by atoms with Crippen LogP contribution in [-0.2, 0) is 4.74 Å². The second-order valence-electron chi connectivity index (χ2n) is 6.02. The zero-order chi connectivity index (χ0) is 14.4. The monoisotopic (exact) mass is 294 g/mol. The van der Waals surface area contributed by atoms with E-state index in [1.807, 2.05) is 0 Å². The van der Waals surface area contributed by atoms with E-state index in [2.05, 4.69) is 15.0 Å². The lowest BCUT2D eigenvalue weighted by Gasteiger charge is -2.25. The average molecular weight is 294 g/mol. The van der Waals surface area contributed by atoms with Crippen molar-refractivity contribution in [1.29, 1.82) is 0 Å². The highest BCUT2D eigenvalue weighted by molar-refractivity contribution is 4.82. The van der Waals surface area contributed by atoms with Gasteiger partial charge in [-0.2, -0.15) is 13.2 Å². The number of ether oxygens (including phenoxy) is 1. The topological polar surface area (TPSA) is 24.5 Å². The summed E-state index contributed by atoms with van der Waals surface area (Å²) in [5, 5.41) is 3.48. The van der Waals surface area contributed by atoms with Crippen LogP contribution >= 0.6 is 0 Å². The molecule has 1 saturated carbocycles. The molecule has 0 aromatic carbocycles. The molecule has 1 aliphatic heterocycles. The summed E-state index contributed by atoms with van der Waals surface area (Å²) in [6.45, 7) is 3.12. The molecule has 118 valence electrons. The van der Waals surface area contributed by atoms with Crippen molar-refractivity contribution >= 4 is 0 Å². The average Bonchev–Trinajstić information content (AvgIpc) is 3.01. The van der Waals surface area contributed by atoms with Gasteiger partial charge in [0.05, 0.1) is 0 Å². The smallest absolute Gasteiger partial charge is 0.372 e. The first kappa shape index (κ1) is 16.0. The quantitative estimate of drug-likeness (QED) is 0.661. The molecule has 1 N–H and O–H groups in total. The van der Waals surface area contributed by atoms with Gasteiger partial charge in [0.1, 0.15) is 6.61 Å². The van der Waals surface area contributed by atoms with Crippen molar-refractivity contribution in [1.82, 2.24) is 10.2 Å². The Kier molecular flexibility index (Phi) is 6.11. The fourth-order valence-corrected chi connectivity index (χ4v) is 2.73. The fraction of sp³-hybridized carbons (Fsp3) is 1.00. The maximum Gasteiger partial charge on any atom is 0.411 e. The fourth-order valence-electron chi connectivity index (χ4n) is 2.73. The van der Waals surface area contributed by atoms with Gasteiger partial charge in [-0.05, 0) is 44.6 Å². The molecule has 2 aliphatic rings. The lowest BCUT2D eigenvalue weighted by atomic mass is 10.2. The van der Waals surface area contributed by atoms with E-state index in [1.165, 1.54) is 25.7 Å².